The van der Waals surface area contributed by atoms with Crippen molar-refractivity contribution in [2.75, 3.05) is 13.1 Å². The first-order chi connectivity index (χ1) is 12.9. The second kappa shape index (κ2) is 8.25. The fourth-order valence-corrected chi connectivity index (χ4v) is 3.60. The van der Waals surface area contributed by atoms with E-state index in [9.17, 15) is 0 Å². The number of benzene rings is 1. The highest BCUT2D eigenvalue weighted by atomic mass is 15.1. The summed E-state index contributed by atoms with van der Waals surface area (Å²) in [6.07, 6.45) is 8.21. The van der Waals surface area contributed by atoms with Gasteiger partial charge in [-0.1, -0.05) is 24.3 Å². The number of H-pyrrole nitrogens is 1. The first-order valence-electron chi connectivity index (χ1n) is 9.32. The molecule has 0 amide bonds. The fraction of sp³-hybridized carbons (Fsp3) is 0.333. The summed E-state index contributed by atoms with van der Waals surface area (Å²) in [5.41, 5.74) is 6.08. The standard InChI is InChI=1S/C21H25N5/c1-2-7-19(16-26-10-3-4-11-26)17(6-1)12-23-14-20-15-24-25-21(20)18-8-5-9-22-13-18/h1-2,5-9,13,15,23H,3-4,10-12,14,16H2,(H,24,25). The van der Waals surface area contributed by atoms with Crippen LogP contribution in [-0.2, 0) is 19.6 Å². The molecule has 0 radical (unpaired) electrons. The van der Waals surface area contributed by atoms with Crippen molar-refractivity contribution in [3.8, 4) is 11.3 Å². The number of hydrogen-bond acceptors (Lipinski definition) is 4. The summed E-state index contributed by atoms with van der Waals surface area (Å²) in [7, 11) is 0. The maximum Gasteiger partial charge on any atom is 0.0710 e. The van der Waals surface area contributed by atoms with Crippen LogP contribution in [0.15, 0.2) is 55.0 Å². The van der Waals surface area contributed by atoms with Gasteiger partial charge in [0.05, 0.1) is 11.9 Å². The van der Waals surface area contributed by atoms with Crippen LogP contribution in [-0.4, -0.2) is 33.2 Å². The van der Waals surface area contributed by atoms with Gasteiger partial charge in [0, 0.05) is 43.2 Å². The number of likely N-dealkylation sites (tertiary alicyclic amines) is 1. The first-order valence-corrected chi connectivity index (χ1v) is 9.32. The minimum absolute atomic E-state index is 0.777. The van der Waals surface area contributed by atoms with E-state index >= 15 is 0 Å². The molecule has 5 heteroatoms. The number of aromatic nitrogens is 3. The Morgan fingerprint density at radius 3 is 2.54 bits per heavy atom. The fourth-order valence-electron chi connectivity index (χ4n) is 3.60. The lowest BCUT2D eigenvalue weighted by molar-refractivity contribution is 0.330. The summed E-state index contributed by atoms with van der Waals surface area (Å²) < 4.78 is 0. The Balaban J connectivity index is 1.39. The van der Waals surface area contributed by atoms with E-state index in [1.54, 1.807) is 6.20 Å². The van der Waals surface area contributed by atoms with Crippen LogP contribution in [0.4, 0.5) is 0 Å². The van der Waals surface area contributed by atoms with Crippen molar-refractivity contribution in [3.05, 3.63) is 71.7 Å². The molecule has 2 N–H and O–H groups in total. The molecule has 1 saturated heterocycles. The van der Waals surface area contributed by atoms with Gasteiger partial charge in [-0.2, -0.15) is 5.10 Å². The average molecular weight is 347 g/mol. The van der Waals surface area contributed by atoms with Crippen LogP contribution in [0.25, 0.3) is 11.3 Å². The number of nitrogens with one attached hydrogen (secondary N) is 2. The van der Waals surface area contributed by atoms with E-state index in [0.29, 0.717) is 0 Å². The second-order valence-corrected chi connectivity index (χ2v) is 6.87. The van der Waals surface area contributed by atoms with Gasteiger partial charge >= 0.3 is 0 Å². The number of aromatic amines is 1. The van der Waals surface area contributed by atoms with E-state index in [4.69, 9.17) is 0 Å². The minimum Gasteiger partial charge on any atom is -0.308 e. The van der Waals surface area contributed by atoms with Gasteiger partial charge in [-0.25, -0.2) is 0 Å². The maximum absolute atomic E-state index is 4.21. The van der Waals surface area contributed by atoms with Crippen molar-refractivity contribution in [1.82, 2.24) is 25.4 Å². The summed E-state index contributed by atoms with van der Waals surface area (Å²) in [6.45, 7) is 5.15. The Labute approximate surface area is 154 Å². The van der Waals surface area contributed by atoms with Gasteiger partial charge in [0.2, 0.25) is 0 Å². The topological polar surface area (TPSA) is 56.8 Å². The predicted octanol–water partition coefficient (Wildman–Crippen LogP) is 3.36. The number of nitrogens with zero attached hydrogens (tertiary/aromatic N) is 3. The molecule has 5 nitrogen and oxygen atoms in total. The van der Waals surface area contributed by atoms with Gasteiger partial charge < -0.3 is 5.32 Å². The molecule has 0 spiro atoms. The number of hydrogen-bond donors (Lipinski definition) is 2. The lowest BCUT2D eigenvalue weighted by atomic mass is 10.1. The average Bonchev–Trinajstić information content (AvgIpc) is 3.36. The Morgan fingerprint density at radius 1 is 0.923 bits per heavy atom. The lowest BCUT2D eigenvalue weighted by Crippen LogP contribution is -2.21. The monoisotopic (exact) mass is 347 g/mol. The number of pyridine rings is 1. The van der Waals surface area contributed by atoms with Crippen LogP contribution in [0.2, 0.25) is 0 Å². The molecular formula is C21H25N5. The molecule has 134 valence electrons. The molecular weight excluding hydrogens is 322 g/mol. The van der Waals surface area contributed by atoms with Crippen molar-refractivity contribution in [3.63, 3.8) is 0 Å². The summed E-state index contributed by atoms with van der Waals surface area (Å²) in [6, 6.07) is 12.8. The van der Waals surface area contributed by atoms with Gasteiger partial charge in [0.25, 0.3) is 0 Å². The summed E-state index contributed by atoms with van der Waals surface area (Å²) >= 11 is 0. The zero-order valence-electron chi connectivity index (χ0n) is 15.0. The Kier molecular flexibility index (Phi) is 5.38. The van der Waals surface area contributed by atoms with E-state index < -0.39 is 0 Å². The van der Waals surface area contributed by atoms with Crippen LogP contribution >= 0.6 is 0 Å². The molecule has 3 heterocycles. The normalized spacial score (nSPS) is 14.8. The zero-order chi connectivity index (χ0) is 17.6. The Hall–Kier alpha value is -2.50. The molecule has 0 saturated carbocycles. The van der Waals surface area contributed by atoms with Crippen molar-refractivity contribution in [2.24, 2.45) is 0 Å². The number of rotatable bonds is 7. The van der Waals surface area contributed by atoms with E-state index in [1.807, 2.05) is 18.5 Å². The highest BCUT2D eigenvalue weighted by Gasteiger charge is 2.13. The molecule has 26 heavy (non-hydrogen) atoms. The molecule has 1 fully saturated rings. The van der Waals surface area contributed by atoms with Crippen LogP contribution in [0.5, 0.6) is 0 Å². The quantitative estimate of drug-likeness (QED) is 0.688. The Morgan fingerprint density at radius 2 is 1.73 bits per heavy atom. The molecule has 0 atom stereocenters. The molecule has 1 aromatic carbocycles. The Bertz CT molecular complexity index is 821. The molecule has 3 aromatic rings. The molecule has 0 aliphatic carbocycles. The maximum atomic E-state index is 4.21. The second-order valence-electron chi connectivity index (χ2n) is 6.87. The van der Waals surface area contributed by atoms with Gasteiger partial charge in [-0.3, -0.25) is 15.0 Å². The van der Waals surface area contributed by atoms with Crippen molar-refractivity contribution in [1.29, 1.82) is 0 Å². The third kappa shape index (κ3) is 4.00. The molecule has 1 aliphatic rings. The minimum atomic E-state index is 0.777. The van der Waals surface area contributed by atoms with E-state index in [2.05, 4.69) is 55.7 Å². The van der Waals surface area contributed by atoms with E-state index in [-0.39, 0.29) is 0 Å². The lowest BCUT2D eigenvalue weighted by Gasteiger charge is -2.17. The van der Waals surface area contributed by atoms with Crippen LogP contribution < -0.4 is 5.32 Å². The van der Waals surface area contributed by atoms with Crippen molar-refractivity contribution >= 4 is 0 Å². The molecule has 0 unspecified atom stereocenters. The third-order valence-electron chi connectivity index (χ3n) is 5.01. The van der Waals surface area contributed by atoms with Gasteiger partial charge in [0.1, 0.15) is 0 Å². The predicted molar refractivity (Wildman–Crippen MR) is 103 cm³/mol. The van der Waals surface area contributed by atoms with Gasteiger partial charge in [-0.15, -0.1) is 0 Å². The van der Waals surface area contributed by atoms with Crippen LogP contribution in [0.1, 0.15) is 29.5 Å². The summed E-state index contributed by atoms with van der Waals surface area (Å²) in [5.74, 6) is 0. The van der Waals surface area contributed by atoms with Gasteiger partial charge in [0.15, 0.2) is 0 Å². The largest absolute Gasteiger partial charge is 0.308 e. The van der Waals surface area contributed by atoms with E-state index in [1.165, 1.54) is 37.1 Å². The summed E-state index contributed by atoms with van der Waals surface area (Å²) in [5, 5.41) is 10.9. The third-order valence-corrected chi connectivity index (χ3v) is 5.01. The molecule has 4 rings (SSSR count). The smallest absolute Gasteiger partial charge is 0.0710 e. The molecule has 1 aliphatic heterocycles. The van der Waals surface area contributed by atoms with E-state index in [0.717, 1.165) is 36.5 Å². The van der Waals surface area contributed by atoms with Crippen molar-refractivity contribution < 1.29 is 0 Å². The van der Waals surface area contributed by atoms with Crippen LogP contribution in [0.3, 0.4) is 0 Å². The van der Waals surface area contributed by atoms with Crippen LogP contribution in [0, 0.1) is 0 Å². The summed E-state index contributed by atoms with van der Waals surface area (Å²) in [4.78, 5) is 6.75. The first kappa shape index (κ1) is 16.9. The highest BCUT2D eigenvalue weighted by Crippen LogP contribution is 2.20. The molecule has 0 bridgehead atoms. The highest BCUT2D eigenvalue weighted by molar-refractivity contribution is 5.61. The molecule has 2 aromatic heterocycles. The SMILES string of the molecule is c1cncc(-c2[nH]ncc2CNCc2ccccc2CN2CCCC2)c1. The van der Waals surface area contributed by atoms with Crippen molar-refractivity contribution in [2.45, 2.75) is 32.5 Å². The zero-order valence-corrected chi connectivity index (χ0v) is 15.0. The van der Waals surface area contributed by atoms with Gasteiger partial charge in [-0.05, 0) is 49.2 Å².